The molecule has 0 bridgehead atoms. The molecule has 3 aliphatic rings. The Morgan fingerprint density at radius 1 is 1.04 bits per heavy atom. The zero-order valence-electron chi connectivity index (χ0n) is 14.7. The first-order valence-electron chi connectivity index (χ1n) is 8.58. The number of para-hydroxylation sites is 2. The summed E-state index contributed by atoms with van der Waals surface area (Å²) in [6.45, 7) is 2.25. The lowest BCUT2D eigenvalue weighted by atomic mass is 10.1. The van der Waals surface area contributed by atoms with E-state index in [9.17, 15) is 0 Å². The second kappa shape index (κ2) is 5.66. The molecule has 0 amide bonds. The maximum atomic E-state index is 5.62. The van der Waals surface area contributed by atoms with Crippen LogP contribution in [-0.4, -0.2) is 50.7 Å². The molecule has 132 valence electrons. The van der Waals surface area contributed by atoms with Gasteiger partial charge in [0, 0.05) is 12.1 Å². The topological polar surface area (TPSA) is 61.7 Å². The van der Waals surface area contributed by atoms with Gasteiger partial charge in [-0.05, 0) is 24.3 Å². The standard InChI is InChI=1S/C19H19N5O2/c1-25-15-8-7-12-16(17(15)26-2)22-19(23-10-9-20-18(12)23)24-11-21-13-5-3-4-6-14(13)24/h3-8,21H,9-11H2,1-2H3. The van der Waals surface area contributed by atoms with E-state index < -0.39 is 0 Å². The van der Waals surface area contributed by atoms with Crippen molar-refractivity contribution in [2.45, 2.75) is 0 Å². The molecule has 3 aliphatic heterocycles. The van der Waals surface area contributed by atoms with E-state index in [1.165, 1.54) is 0 Å². The van der Waals surface area contributed by atoms with E-state index in [2.05, 4.69) is 27.2 Å². The third-order valence-corrected chi connectivity index (χ3v) is 4.92. The van der Waals surface area contributed by atoms with Crippen molar-refractivity contribution in [3.05, 3.63) is 42.0 Å². The molecule has 0 radical (unpaired) electrons. The lowest BCUT2D eigenvalue weighted by Gasteiger charge is -2.33. The van der Waals surface area contributed by atoms with Gasteiger partial charge >= 0.3 is 0 Å². The molecule has 0 unspecified atom stereocenters. The van der Waals surface area contributed by atoms with Gasteiger partial charge in [0.05, 0.1) is 38.8 Å². The predicted octanol–water partition coefficient (Wildman–Crippen LogP) is 2.66. The second-order valence-corrected chi connectivity index (χ2v) is 6.25. The summed E-state index contributed by atoms with van der Waals surface area (Å²) in [7, 11) is 3.28. The number of benzene rings is 2. The van der Waals surface area contributed by atoms with Gasteiger partial charge in [0.2, 0.25) is 5.96 Å². The van der Waals surface area contributed by atoms with Crippen LogP contribution in [0.4, 0.5) is 17.1 Å². The van der Waals surface area contributed by atoms with Crippen LogP contribution in [0.3, 0.4) is 0 Å². The lowest BCUT2D eigenvalue weighted by molar-refractivity contribution is 0.355. The van der Waals surface area contributed by atoms with Crippen molar-refractivity contribution in [2.24, 2.45) is 9.98 Å². The zero-order chi connectivity index (χ0) is 17.7. The quantitative estimate of drug-likeness (QED) is 0.903. The Bertz CT molecular complexity index is 953. The van der Waals surface area contributed by atoms with E-state index in [0.717, 1.165) is 47.5 Å². The highest BCUT2D eigenvalue weighted by atomic mass is 16.5. The minimum Gasteiger partial charge on any atom is -0.493 e. The van der Waals surface area contributed by atoms with Gasteiger partial charge in [-0.1, -0.05) is 12.1 Å². The first-order valence-corrected chi connectivity index (χ1v) is 8.58. The Morgan fingerprint density at radius 3 is 2.77 bits per heavy atom. The smallest absolute Gasteiger partial charge is 0.213 e. The fraction of sp³-hybridized carbons (Fsp3) is 0.263. The highest BCUT2D eigenvalue weighted by Gasteiger charge is 2.36. The average molecular weight is 349 g/mol. The molecule has 0 saturated carbocycles. The van der Waals surface area contributed by atoms with E-state index in [-0.39, 0.29) is 0 Å². The van der Waals surface area contributed by atoms with Gasteiger partial charge < -0.3 is 14.8 Å². The second-order valence-electron chi connectivity index (χ2n) is 6.25. The van der Waals surface area contributed by atoms with Crippen LogP contribution in [0.25, 0.3) is 0 Å². The SMILES string of the molecule is COc1ccc2c(c1OC)N=C(N1CNc3ccccc31)N1CCN=C21. The molecular formula is C19H19N5O2. The number of fused-ring (bicyclic) bond motifs is 4. The molecular weight excluding hydrogens is 330 g/mol. The summed E-state index contributed by atoms with van der Waals surface area (Å²) < 4.78 is 11.1. The predicted molar refractivity (Wildman–Crippen MR) is 102 cm³/mol. The molecule has 7 heteroatoms. The van der Waals surface area contributed by atoms with Crippen LogP contribution in [0.1, 0.15) is 5.56 Å². The highest BCUT2D eigenvalue weighted by Crippen LogP contribution is 2.44. The Hall–Kier alpha value is -3.22. The van der Waals surface area contributed by atoms with Gasteiger partial charge in [-0.3, -0.25) is 14.8 Å². The van der Waals surface area contributed by atoms with Crippen LogP contribution in [0.2, 0.25) is 0 Å². The van der Waals surface area contributed by atoms with Crippen LogP contribution in [0, 0.1) is 0 Å². The number of rotatable bonds is 2. The molecule has 0 fully saturated rings. The first kappa shape index (κ1) is 15.1. The van der Waals surface area contributed by atoms with Crippen molar-refractivity contribution in [3.8, 4) is 11.5 Å². The molecule has 0 saturated heterocycles. The van der Waals surface area contributed by atoms with E-state index in [1.807, 2.05) is 24.3 Å². The minimum absolute atomic E-state index is 0.636. The van der Waals surface area contributed by atoms with E-state index in [1.54, 1.807) is 14.2 Å². The molecule has 5 rings (SSSR count). The lowest BCUT2D eigenvalue weighted by Crippen LogP contribution is -2.48. The number of ether oxygens (including phenoxy) is 2. The number of nitrogens with zero attached hydrogens (tertiary/aromatic N) is 4. The van der Waals surface area contributed by atoms with Crippen molar-refractivity contribution in [1.82, 2.24) is 4.90 Å². The molecule has 0 aromatic heterocycles. The Morgan fingerprint density at radius 2 is 1.92 bits per heavy atom. The van der Waals surface area contributed by atoms with E-state index >= 15 is 0 Å². The Kier molecular flexibility index (Phi) is 3.28. The van der Waals surface area contributed by atoms with Crippen molar-refractivity contribution in [1.29, 1.82) is 0 Å². The number of guanidine groups is 1. The number of aliphatic imine (C=N–C) groups is 2. The maximum Gasteiger partial charge on any atom is 0.213 e. The number of hydrogen-bond acceptors (Lipinski definition) is 7. The van der Waals surface area contributed by atoms with E-state index in [0.29, 0.717) is 18.2 Å². The third-order valence-electron chi connectivity index (χ3n) is 4.92. The van der Waals surface area contributed by atoms with Crippen molar-refractivity contribution >= 4 is 28.9 Å². The van der Waals surface area contributed by atoms with Gasteiger partial charge in [0.15, 0.2) is 11.5 Å². The molecule has 7 nitrogen and oxygen atoms in total. The summed E-state index contributed by atoms with van der Waals surface area (Å²) in [4.78, 5) is 14.1. The molecule has 26 heavy (non-hydrogen) atoms. The molecule has 1 N–H and O–H groups in total. The van der Waals surface area contributed by atoms with Gasteiger partial charge in [-0.2, -0.15) is 0 Å². The van der Waals surface area contributed by atoms with Crippen LogP contribution < -0.4 is 19.7 Å². The van der Waals surface area contributed by atoms with Crippen molar-refractivity contribution < 1.29 is 9.47 Å². The number of methoxy groups -OCH3 is 2. The fourth-order valence-electron chi connectivity index (χ4n) is 3.73. The Balaban J connectivity index is 1.70. The number of nitrogens with one attached hydrogen (secondary N) is 1. The van der Waals surface area contributed by atoms with Gasteiger partial charge in [-0.15, -0.1) is 0 Å². The summed E-state index contributed by atoms with van der Waals surface area (Å²) in [6.07, 6.45) is 0. The molecule has 0 spiro atoms. The average Bonchev–Trinajstić information content (AvgIpc) is 3.33. The maximum absolute atomic E-state index is 5.62. The number of hydrogen-bond donors (Lipinski definition) is 1. The first-order chi connectivity index (χ1) is 12.8. The summed E-state index contributed by atoms with van der Waals surface area (Å²) in [5.41, 5.74) is 3.96. The van der Waals surface area contributed by atoms with Gasteiger partial charge in [0.1, 0.15) is 11.5 Å². The van der Waals surface area contributed by atoms with Crippen molar-refractivity contribution in [2.75, 3.05) is 44.2 Å². The fourth-order valence-corrected chi connectivity index (χ4v) is 3.73. The zero-order valence-corrected chi connectivity index (χ0v) is 14.7. The normalized spacial score (nSPS) is 17.0. The largest absolute Gasteiger partial charge is 0.493 e. The van der Waals surface area contributed by atoms with Crippen LogP contribution in [0.5, 0.6) is 11.5 Å². The summed E-state index contributed by atoms with van der Waals surface area (Å²) in [5.74, 6) is 3.10. The van der Waals surface area contributed by atoms with E-state index in [4.69, 9.17) is 19.5 Å². The molecule has 0 aliphatic carbocycles. The number of amidine groups is 1. The monoisotopic (exact) mass is 349 g/mol. The van der Waals surface area contributed by atoms with Crippen molar-refractivity contribution in [3.63, 3.8) is 0 Å². The Labute approximate surface area is 151 Å². The summed E-state index contributed by atoms with van der Waals surface area (Å²) in [5, 5.41) is 3.43. The highest BCUT2D eigenvalue weighted by molar-refractivity contribution is 6.20. The molecule has 3 heterocycles. The third kappa shape index (κ3) is 2.00. The van der Waals surface area contributed by atoms with Crippen LogP contribution in [0.15, 0.2) is 46.4 Å². The van der Waals surface area contributed by atoms with Crippen LogP contribution in [-0.2, 0) is 0 Å². The molecule has 0 atom stereocenters. The number of anilines is 2. The van der Waals surface area contributed by atoms with Crippen LogP contribution >= 0.6 is 0 Å². The molecule has 2 aromatic rings. The van der Waals surface area contributed by atoms with Gasteiger partial charge in [-0.25, -0.2) is 4.99 Å². The minimum atomic E-state index is 0.636. The van der Waals surface area contributed by atoms with Gasteiger partial charge in [0.25, 0.3) is 0 Å². The molecule has 2 aromatic carbocycles. The summed E-state index contributed by atoms with van der Waals surface area (Å²) in [6, 6.07) is 12.2. The summed E-state index contributed by atoms with van der Waals surface area (Å²) >= 11 is 0.